The van der Waals surface area contributed by atoms with Crippen LogP contribution < -0.4 is 5.32 Å². The molecule has 1 aromatic rings. The fourth-order valence-corrected chi connectivity index (χ4v) is 1.90. The zero-order valence-electron chi connectivity index (χ0n) is 11.7. The van der Waals surface area contributed by atoms with Gasteiger partial charge in [-0.05, 0) is 53.1 Å². The molecule has 0 saturated carbocycles. The molecule has 0 fully saturated rings. The lowest BCUT2D eigenvalue weighted by atomic mass is 10.0. The molecule has 0 aliphatic carbocycles. The zero-order valence-corrected chi connectivity index (χ0v) is 13.3. The Kier molecular flexibility index (Phi) is 5.32. The Morgan fingerprint density at radius 1 is 1.39 bits per heavy atom. The van der Waals surface area contributed by atoms with Crippen LogP contribution in [0, 0.1) is 5.82 Å². The van der Waals surface area contributed by atoms with E-state index in [0.717, 1.165) is 11.0 Å². The van der Waals surface area contributed by atoms with E-state index in [1.807, 2.05) is 27.1 Å². The number of hydrogen-bond acceptors (Lipinski definition) is 2. The van der Waals surface area contributed by atoms with E-state index in [1.54, 1.807) is 6.07 Å². The molecule has 1 aromatic carbocycles. The predicted molar refractivity (Wildman–Crippen MR) is 78.3 cm³/mol. The molecule has 102 valence electrons. The molecule has 0 aliphatic rings. The predicted octanol–water partition coefficient (Wildman–Crippen LogP) is 3.58. The van der Waals surface area contributed by atoms with Crippen molar-refractivity contribution in [2.24, 2.45) is 0 Å². The van der Waals surface area contributed by atoms with Gasteiger partial charge in [0.15, 0.2) is 0 Å². The lowest BCUT2D eigenvalue weighted by Crippen LogP contribution is -2.47. The summed E-state index contributed by atoms with van der Waals surface area (Å²) in [6.07, 6.45) is 0. The van der Waals surface area contributed by atoms with Gasteiger partial charge in [0.1, 0.15) is 5.82 Å². The van der Waals surface area contributed by atoms with Gasteiger partial charge in [0.05, 0.1) is 0 Å². The second-order valence-corrected chi connectivity index (χ2v) is 6.39. The monoisotopic (exact) mass is 316 g/mol. The number of likely N-dealkylation sites (N-methyl/N-ethyl adjacent to an activating group) is 1. The largest absolute Gasteiger partial charge is 0.308 e. The van der Waals surface area contributed by atoms with Crippen LogP contribution in [-0.2, 0) is 0 Å². The van der Waals surface area contributed by atoms with E-state index < -0.39 is 0 Å². The van der Waals surface area contributed by atoms with Crippen LogP contribution in [0.15, 0.2) is 22.7 Å². The van der Waals surface area contributed by atoms with Crippen LogP contribution in [-0.4, -0.2) is 31.1 Å². The summed E-state index contributed by atoms with van der Waals surface area (Å²) in [4.78, 5) is 2.16. The third kappa shape index (κ3) is 4.04. The van der Waals surface area contributed by atoms with Crippen LogP contribution in [0.1, 0.15) is 32.4 Å². The molecule has 2 nitrogen and oxygen atoms in total. The number of nitrogens with zero attached hydrogens (tertiary/aromatic N) is 1. The van der Waals surface area contributed by atoms with Crippen molar-refractivity contribution in [2.75, 3.05) is 20.6 Å². The Bertz CT molecular complexity index is 405. The van der Waals surface area contributed by atoms with Crippen LogP contribution in [0.4, 0.5) is 4.39 Å². The molecule has 0 saturated heterocycles. The highest BCUT2D eigenvalue weighted by Gasteiger charge is 2.21. The van der Waals surface area contributed by atoms with Crippen molar-refractivity contribution < 1.29 is 4.39 Å². The van der Waals surface area contributed by atoms with E-state index in [9.17, 15) is 4.39 Å². The van der Waals surface area contributed by atoms with Crippen molar-refractivity contribution in [3.63, 3.8) is 0 Å². The Hall–Kier alpha value is -0.450. The maximum absolute atomic E-state index is 13.7. The fraction of sp³-hybridized carbons (Fsp3) is 0.571. The van der Waals surface area contributed by atoms with Crippen LogP contribution in [0.25, 0.3) is 0 Å². The van der Waals surface area contributed by atoms with Gasteiger partial charge in [-0.2, -0.15) is 0 Å². The lowest BCUT2D eigenvalue weighted by molar-refractivity contribution is 0.185. The van der Waals surface area contributed by atoms with E-state index in [4.69, 9.17) is 0 Å². The smallest absolute Gasteiger partial charge is 0.128 e. The lowest BCUT2D eigenvalue weighted by Gasteiger charge is -2.34. The van der Waals surface area contributed by atoms with Crippen LogP contribution in [0.3, 0.4) is 0 Å². The Morgan fingerprint density at radius 3 is 2.56 bits per heavy atom. The van der Waals surface area contributed by atoms with Gasteiger partial charge in [-0.3, -0.25) is 0 Å². The highest BCUT2D eigenvalue weighted by molar-refractivity contribution is 9.10. The van der Waals surface area contributed by atoms with E-state index in [-0.39, 0.29) is 17.4 Å². The molecule has 0 radical (unpaired) electrons. The molecule has 0 aliphatic heterocycles. The molecule has 4 heteroatoms. The van der Waals surface area contributed by atoms with Gasteiger partial charge in [0.25, 0.3) is 0 Å². The van der Waals surface area contributed by atoms with Gasteiger partial charge in [0, 0.05) is 28.2 Å². The number of nitrogens with one attached hydrogen (secondary N) is 1. The minimum atomic E-state index is -0.166. The van der Waals surface area contributed by atoms with Crippen molar-refractivity contribution in [3.05, 3.63) is 34.1 Å². The molecule has 1 unspecified atom stereocenters. The zero-order chi connectivity index (χ0) is 13.9. The molecule has 1 atom stereocenters. The molecule has 1 rings (SSSR count). The SMILES string of the molecule is CC(NCC(C)(C)N(C)C)c1cc(Br)ccc1F. The number of hydrogen-bond donors (Lipinski definition) is 1. The van der Waals surface area contributed by atoms with Gasteiger partial charge in [-0.1, -0.05) is 15.9 Å². The molecular weight excluding hydrogens is 295 g/mol. The van der Waals surface area contributed by atoms with E-state index in [2.05, 4.69) is 40.0 Å². The number of rotatable bonds is 5. The quantitative estimate of drug-likeness (QED) is 0.893. The Morgan fingerprint density at radius 2 is 2.00 bits per heavy atom. The Labute approximate surface area is 118 Å². The molecule has 0 heterocycles. The first kappa shape index (κ1) is 15.6. The van der Waals surface area contributed by atoms with Gasteiger partial charge >= 0.3 is 0 Å². The maximum Gasteiger partial charge on any atom is 0.128 e. The normalized spacial score (nSPS) is 14.0. The first-order chi connectivity index (χ1) is 8.24. The summed E-state index contributed by atoms with van der Waals surface area (Å²) in [5.41, 5.74) is 0.732. The summed E-state index contributed by atoms with van der Waals surface area (Å²) in [7, 11) is 4.10. The minimum Gasteiger partial charge on any atom is -0.308 e. The summed E-state index contributed by atoms with van der Waals surface area (Å²) >= 11 is 3.38. The highest BCUT2D eigenvalue weighted by Crippen LogP contribution is 2.22. The maximum atomic E-state index is 13.7. The average molecular weight is 317 g/mol. The highest BCUT2D eigenvalue weighted by atomic mass is 79.9. The number of halogens is 2. The third-order valence-corrected chi connectivity index (χ3v) is 3.97. The minimum absolute atomic E-state index is 0.0123. The van der Waals surface area contributed by atoms with Crippen molar-refractivity contribution in [1.29, 1.82) is 0 Å². The van der Waals surface area contributed by atoms with Gasteiger partial charge in [-0.15, -0.1) is 0 Å². The van der Waals surface area contributed by atoms with Crippen LogP contribution in [0.2, 0.25) is 0 Å². The van der Waals surface area contributed by atoms with Crippen LogP contribution in [0.5, 0.6) is 0 Å². The summed E-state index contributed by atoms with van der Waals surface area (Å²) in [5, 5.41) is 3.39. The standard InChI is InChI=1S/C14H22BrFN2/c1-10(17-9-14(2,3)18(4)5)12-8-11(15)6-7-13(12)16/h6-8,10,17H,9H2,1-5H3. The molecule has 0 spiro atoms. The molecular formula is C14H22BrFN2. The third-order valence-electron chi connectivity index (χ3n) is 3.48. The summed E-state index contributed by atoms with van der Waals surface area (Å²) in [6, 6.07) is 5.03. The van der Waals surface area contributed by atoms with E-state index in [0.29, 0.717) is 5.56 Å². The van der Waals surface area contributed by atoms with Crippen molar-refractivity contribution >= 4 is 15.9 Å². The fourth-order valence-electron chi connectivity index (χ4n) is 1.52. The Balaban J connectivity index is 2.71. The average Bonchev–Trinajstić information content (AvgIpc) is 2.29. The first-order valence-electron chi connectivity index (χ1n) is 6.10. The first-order valence-corrected chi connectivity index (χ1v) is 6.89. The summed E-state index contributed by atoms with van der Waals surface area (Å²) in [6.45, 7) is 7.09. The topological polar surface area (TPSA) is 15.3 Å². The molecule has 0 amide bonds. The van der Waals surface area contributed by atoms with E-state index in [1.165, 1.54) is 6.07 Å². The van der Waals surface area contributed by atoms with E-state index >= 15 is 0 Å². The number of benzene rings is 1. The molecule has 1 N–H and O–H groups in total. The van der Waals surface area contributed by atoms with Crippen molar-refractivity contribution in [1.82, 2.24) is 10.2 Å². The molecule has 0 bridgehead atoms. The van der Waals surface area contributed by atoms with Gasteiger partial charge in [0.2, 0.25) is 0 Å². The molecule has 0 aromatic heterocycles. The second kappa shape index (κ2) is 6.13. The summed E-state index contributed by atoms with van der Waals surface area (Å²) < 4.78 is 14.6. The van der Waals surface area contributed by atoms with Crippen molar-refractivity contribution in [2.45, 2.75) is 32.4 Å². The second-order valence-electron chi connectivity index (χ2n) is 5.48. The molecule has 18 heavy (non-hydrogen) atoms. The van der Waals surface area contributed by atoms with Crippen LogP contribution >= 0.6 is 15.9 Å². The van der Waals surface area contributed by atoms with Crippen molar-refractivity contribution in [3.8, 4) is 0 Å². The van der Waals surface area contributed by atoms with Gasteiger partial charge < -0.3 is 10.2 Å². The summed E-state index contributed by atoms with van der Waals surface area (Å²) in [5.74, 6) is -0.166. The van der Waals surface area contributed by atoms with Gasteiger partial charge in [-0.25, -0.2) is 4.39 Å².